The molecule has 2 rings (SSSR count). The molecular weight excluding hydrogens is 323 g/mol. The number of ketones is 1. The van der Waals surface area contributed by atoms with Gasteiger partial charge in [0.05, 0.1) is 23.1 Å². The molecule has 0 aliphatic rings. The fraction of sp³-hybridized carbons (Fsp3) is 0.176. The van der Waals surface area contributed by atoms with E-state index in [0.717, 1.165) is 5.56 Å². The van der Waals surface area contributed by atoms with Crippen molar-refractivity contribution in [2.75, 3.05) is 7.11 Å². The Morgan fingerprint density at radius 1 is 1.05 bits per heavy atom. The lowest BCUT2D eigenvalue weighted by Crippen LogP contribution is -2.18. The van der Waals surface area contributed by atoms with E-state index in [1.807, 2.05) is 18.2 Å². The van der Waals surface area contributed by atoms with Gasteiger partial charge in [-0.05, 0) is 23.8 Å². The number of hydrogen-bond donors (Lipinski definition) is 0. The number of Topliss-reactive ketones (excluding diaryl/α,β-unsaturated/α-hetero) is 1. The lowest BCUT2D eigenvalue weighted by Gasteiger charge is -2.14. The van der Waals surface area contributed by atoms with Crippen LogP contribution in [0.5, 0.6) is 0 Å². The minimum Gasteiger partial charge on any atom is -0.469 e. The largest absolute Gasteiger partial charge is 0.469 e. The van der Waals surface area contributed by atoms with E-state index >= 15 is 0 Å². The fourth-order valence-electron chi connectivity index (χ4n) is 2.14. The van der Waals surface area contributed by atoms with E-state index in [-0.39, 0.29) is 12.2 Å². The number of methoxy groups -OCH3 is 1. The quantitative estimate of drug-likeness (QED) is 0.595. The Balaban J connectivity index is 2.25. The first kappa shape index (κ1) is 16.5. The third-order valence-corrected chi connectivity index (χ3v) is 4.06. The molecule has 0 aliphatic carbocycles. The standard InChI is InChI=1S/C17H14Cl2O3/c1-22-17(21)13(11-5-3-2-4-6-11)10-16(20)12-7-8-14(18)15(19)9-12/h2-9,13H,10H2,1H3. The molecule has 0 bridgehead atoms. The topological polar surface area (TPSA) is 43.4 Å². The third-order valence-electron chi connectivity index (χ3n) is 3.32. The molecule has 22 heavy (non-hydrogen) atoms. The molecule has 2 aromatic carbocycles. The van der Waals surface area contributed by atoms with Crippen molar-refractivity contribution in [2.45, 2.75) is 12.3 Å². The Morgan fingerprint density at radius 3 is 2.32 bits per heavy atom. The van der Waals surface area contributed by atoms with E-state index in [1.165, 1.54) is 13.2 Å². The second kappa shape index (κ2) is 7.43. The van der Waals surface area contributed by atoms with Gasteiger partial charge in [0.15, 0.2) is 5.78 Å². The SMILES string of the molecule is COC(=O)C(CC(=O)c1ccc(Cl)c(Cl)c1)c1ccccc1. The summed E-state index contributed by atoms with van der Waals surface area (Å²) in [6.07, 6.45) is 0.00858. The maximum atomic E-state index is 12.4. The number of carbonyl (C=O) groups excluding carboxylic acids is 2. The molecule has 0 spiro atoms. The molecule has 0 saturated carbocycles. The second-order valence-corrected chi connectivity index (χ2v) is 5.56. The Labute approximate surface area is 138 Å². The van der Waals surface area contributed by atoms with Crippen LogP contribution in [-0.2, 0) is 9.53 Å². The maximum Gasteiger partial charge on any atom is 0.313 e. The summed E-state index contributed by atoms with van der Waals surface area (Å²) in [6, 6.07) is 13.7. The van der Waals surface area contributed by atoms with Gasteiger partial charge in [0.2, 0.25) is 0 Å². The lowest BCUT2D eigenvalue weighted by molar-refractivity contribution is -0.142. The molecule has 1 unspecified atom stereocenters. The number of ether oxygens (including phenoxy) is 1. The molecule has 0 saturated heterocycles. The van der Waals surface area contributed by atoms with E-state index in [0.29, 0.717) is 15.6 Å². The van der Waals surface area contributed by atoms with Gasteiger partial charge in [-0.25, -0.2) is 0 Å². The van der Waals surface area contributed by atoms with Gasteiger partial charge in [0, 0.05) is 12.0 Å². The van der Waals surface area contributed by atoms with Crippen LogP contribution in [0.25, 0.3) is 0 Å². The highest BCUT2D eigenvalue weighted by Crippen LogP contribution is 2.26. The van der Waals surface area contributed by atoms with Crippen molar-refractivity contribution in [3.63, 3.8) is 0 Å². The molecule has 114 valence electrons. The first-order chi connectivity index (χ1) is 10.5. The van der Waals surface area contributed by atoms with Crippen LogP contribution in [0, 0.1) is 0 Å². The molecule has 2 aromatic rings. The highest BCUT2D eigenvalue weighted by atomic mass is 35.5. The van der Waals surface area contributed by atoms with Crippen molar-refractivity contribution in [3.8, 4) is 0 Å². The zero-order valence-corrected chi connectivity index (χ0v) is 13.4. The number of halogens is 2. The number of carbonyl (C=O) groups is 2. The molecule has 1 atom stereocenters. The maximum absolute atomic E-state index is 12.4. The molecule has 5 heteroatoms. The minimum absolute atomic E-state index is 0.00858. The highest BCUT2D eigenvalue weighted by Gasteiger charge is 2.25. The Bertz CT molecular complexity index is 684. The first-order valence-corrected chi connectivity index (χ1v) is 7.39. The third kappa shape index (κ3) is 3.87. The molecule has 0 aromatic heterocycles. The molecule has 3 nitrogen and oxygen atoms in total. The zero-order valence-electron chi connectivity index (χ0n) is 11.9. The average Bonchev–Trinajstić information content (AvgIpc) is 2.55. The van der Waals surface area contributed by atoms with Crippen LogP contribution in [0.2, 0.25) is 10.0 Å². The van der Waals surface area contributed by atoms with Crippen molar-refractivity contribution in [2.24, 2.45) is 0 Å². The van der Waals surface area contributed by atoms with Crippen LogP contribution in [0.4, 0.5) is 0 Å². The Kier molecular flexibility index (Phi) is 5.58. The van der Waals surface area contributed by atoms with Crippen molar-refractivity contribution < 1.29 is 14.3 Å². The predicted molar refractivity (Wildman–Crippen MR) is 86.6 cm³/mol. The van der Waals surface area contributed by atoms with E-state index in [4.69, 9.17) is 27.9 Å². The molecule has 0 aliphatic heterocycles. The smallest absolute Gasteiger partial charge is 0.313 e. The van der Waals surface area contributed by atoms with E-state index in [9.17, 15) is 9.59 Å². The monoisotopic (exact) mass is 336 g/mol. The molecule has 0 fully saturated rings. The van der Waals surface area contributed by atoms with Gasteiger partial charge in [-0.2, -0.15) is 0 Å². The van der Waals surface area contributed by atoms with Crippen LogP contribution in [0.1, 0.15) is 28.3 Å². The normalized spacial score (nSPS) is 11.8. The van der Waals surface area contributed by atoms with Gasteiger partial charge >= 0.3 is 5.97 Å². The fourth-order valence-corrected chi connectivity index (χ4v) is 2.44. The first-order valence-electron chi connectivity index (χ1n) is 6.64. The lowest BCUT2D eigenvalue weighted by atomic mass is 9.91. The Hall–Kier alpha value is -1.84. The summed E-state index contributed by atoms with van der Waals surface area (Å²) in [4.78, 5) is 24.4. The summed E-state index contributed by atoms with van der Waals surface area (Å²) in [5.74, 6) is -1.29. The zero-order chi connectivity index (χ0) is 16.1. The summed E-state index contributed by atoms with van der Waals surface area (Å²) in [5.41, 5.74) is 1.15. The van der Waals surface area contributed by atoms with Gasteiger partial charge in [0.25, 0.3) is 0 Å². The average molecular weight is 337 g/mol. The van der Waals surface area contributed by atoms with Gasteiger partial charge < -0.3 is 4.74 Å². The Morgan fingerprint density at radius 2 is 1.73 bits per heavy atom. The second-order valence-electron chi connectivity index (χ2n) is 4.74. The van der Waals surface area contributed by atoms with Crippen molar-refractivity contribution in [1.82, 2.24) is 0 Å². The van der Waals surface area contributed by atoms with Crippen LogP contribution in [-0.4, -0.2) is 18.9 Å². The van der Waals surface area contributed by atoms with E-state index in [1.54, 1.807) is 24.3 Å². The van der Waals surface area contributed by atoms with E-state index in [2.05, 4.69) is 0 Å². The van der Waals surface area contributed by atoms with Gasteiger partial charge in [-0.1, -0.05) is 53.5 Å². The molecule has 0 N–H and O–H groups in total. The summed E-state index contributed by atoms with van der Waals surface area (Å²) < 4.78 is 4.81. The molecule has 0 heterocycles. The number of hydrogen-bond acceptors (Lipinski definition) is 3. The van der Waals surface area contributed by atoms with Gasteiger partial charge in [0.1, 0.15) is 0 Å². The summed E-state index contributed by atoms with van der Waals surface area (Å²) in [5, 5.41) is 0.688. The highest BCUT2D eigenvalue weighted by molar-refractivity contribution is 6.42. The van der Waals surface area contributed by atoms with Gasteiger partial charge in [-0.15, -0.1) is 0 Å². The number of esters is 1. The van der Waals surface area contributed by atoms with Crippen LogP contribution in [0.15, 0.2) is 48.5 Å². The van der Waals surface area contributed by atoms with Crippen LogP contribution in [0.3, 0.4) is 0 Å². The minimum atomic E-state index is -0.645. The summed E-state index contributed by atoms with van der Waals surface area (Å²) >= 11 is 11.8. The van der Waals surface area contributed by atoms with Gasteiger partial charge in [-0.3, -0.25) is 9.59 Å². The van der Waals surface area contributed by atoms with Crippen molar-refractivity contribution >= 4 is 35.0 Å². The van der Waals surface area contributed by atoms with E-state index < -0.39 is 11.9 Å². The predicted octanol–water partition coefficient (Wildman–Crippen LogP) is 4.52. The molecular formula is C17H14Cl2O3. The van der Waals surface area contributed by atoms with Crippen LogP contribution >= 0.6 is 23.2 Å². The molecule has 0 radical (unpaired) electrons. The summed E-state index contributed by atoms with van der Waals surface area (Å²) in [6.45, 7) is 0. The van der Waals surface area contributed by atoms with Crippen molar-refractivity contribution in [3.05, 3.63) is 69.7 Å². The van der Waals surface area contributed by atoms with Crippen LogP contribution < -0.4 is 0 Å². The number of rotatable bonds is 5. The summed E-state index contributed by atoms with van der Waals surface area (Å²) in [7, 11) is 1.31. The number of benzene rings is 2. The van der Waals surface area contributed by atoms with Crippen molar-refractivity contribution in [1.29, 1.82) is 0 Å². The molecule has 0 amide bonds.